The van der Waals surface area contributed by atoms with E-state index in [2.05, 4.69) is 20.1 Å². The highest BCUT2D eigenvalue weighted by Gasteiger charge is 2.12. The summed E-state index contributed by atoms with van der Waals surface area (Å²) in [5, 5.41) is 5.14. The number of fused-ring (bicyclic) bond motifs is 1. The van der Waals surface area contributed by atoms with Crippen LogP contribution in [0.2, 0.25) is 5.02 Å². The molecule has 0 bridgehead atoms. The highest BCUT2D eigenvalue weighted by Crippen LogP contribution is 2.20. The summed E-state index contributed by atoms with van der Waals surface area (Å²) in [6.07, 6.45) is 1.64. The molecule has 0 saturated heterocycles. The van der Waals surface area contributed by atoms with Crippen LogP contribution in [0.5, 0.6) is 0 Å². The normalized spacial score (nSPS) is 10.9. The fraction of sp³-hybridized carbons (Fsp3) is 0.105. The van der Waals surface area contributed by atoms with Gasteiger partial charge >= 0.3 is 5.97 Å². The molecule has 4 rings (SSSR count). The van der Waals surface area contributed by atoms with Crippen LogP contribution in [0.25, 0.3) is 22.4 Å². The first-order chi connectivity index (χ1) is 13.7. The van der Waals surface area contributed by atoms with E-state index in [4.69, 9.17) is 20.9 Å². The molecule has 140 valence electrons. The molecule has 0 aliphatic heterocycles. The second-order valence-corrected chi connectivity index (χ2v) is 7.10. The van der Waals surface area contributed by atoms with Crippen LogP contribution in [0, 0.1) is 0 Å². The number of benzene rings is 2. The monoisotopic (exact) mass is 412 g/mol. The van der Waals surface area contributed by atoms with Gasteiger partial charge in [-0.15, -0.1) is 0 Å². The summed E-state index contributed by atoms with van der Waals surface area (Å²) in [4.78, 5) is 24.9. The third-order valence-electron chi connectivity index (χ3n) is 3.69. The number of para-hydroxylation sites is 2. The van der Waals surface area contributed by atoms with Crippen molar-refractivity contribution in [1.82, 2.24) is 20.1 Å². The molecule has 2 heterocycles. The van der Waals surface area contributed by atoms with E-state index in [0.717, 1.165) is 16.6 Å². The van der Waals surface area contributed by atoms with Crippen LogP contribution < -0.4 is 0 Å². The molecule has 4 aromatic rings. The molecule has 0 atom stereocenters. The lowest BCUT2D eigenvalue weighted by molar-refractivity contribution is -0.142. The van der Waals surface area contributed by atoms with Gasteiger partial charge in [0.1, 0.15) is 5.03 Å². The lowest BCUT2D eigenvalue weighted by Crippen LogP contribution is -2.07. The van der Waals surface area contributed by atoms with Crippen molar-refractivity contribution < 1.29 is 14.1 Å². The molecule has 2 aromatic carbocycles. The van der Waals surface area contributed by atoms with Gasteiger partial charge in [-0.3, -0.25) is 9.78 Å². The zero-order valence-electron chi connectivity index (χ0n) is 14.4. The van der Waals surface area contributed by atoms with E-state index in [1.54, 1.807) is 30.5 Å². The van der Waals surface area contributed by atoms with Crippen LogP contribution in [0.3, 0.4) is 0 Å². The van der Waals surface area contributed by atoms with Crippen LogP contribution in [0.1, 0.15) is 5.89 Å². The maximum Gasteiger partial charge on any atom is 0.316 e. The Balaban J connectivity index is 1.30. The van der Waals surface area contributed by atoms with Crippen molar-refractivity contribution in [1.29, 1.82) is 0 Å². The average molecular weight is 413 g/mol. The van der Waals surface area contributed by atoms with Crippen LogP contribution >= 0.6 is 23.4 Å². The van der Waals surface area contributed by atoms with Crippen molar-refractivity contribution in [2.24, 2.45) is 0 Å². The largest absolute Gasteiger partial charge is 0.455 e. The van der Waals surface area contributed by atoms with E-state index >= 15 is 0 Å². The van der Waals surface area contributed by atoms with Crippen LogP contribution in [0.4, 0.5) is 0 Å². The first-order valence-corrected chi connectivity index (χ1v) is 9.62. The third kappa shape index (κ3) is 4.47. The molecule has 0 fully saturated rings. The third-order valence-corrected chi connectivity index (χ3v) is 4.82. The van der Waals surface area contributed by atoms with Gasteiger partial charge in [0.15, 0.2) is 6.61 Å². The number of rotatable bonds is 6. The zero-order chi connectivity index (χ0) is 19.3. The SMILES string of the molecule is O=C(CSc1cnc2ccccc2n1)OCc1nc(-c2ccc(Cl)cc2)no1. The number of aromatic nitrogens is 4. The van der Waals surface area contributed by atoms with Crippen molar-refractivity contribution in [3.63, 3.8) is 0 Å². The van der Waals surface area contributed by atoms with Crippen molar-refractivity contribution in [2.45, 2.75) is 11.6 Å². The maximum atomic E-state index is 12.0. The van der Waals surface area contributed by atoms with Gasteiger partial charge in [0, 0.05) is 10.6 Å². The molecule has 0 unspecified atom stereocenters. The van der Waals surface area contributed by atoms with E-state index < -0.39 is 5.97 Å². The number of halogens is 1. The Hall–Kier alpha value is -2.97. The number of carbonyl (C=O) groups is 1. The minimum absolute atomic E-state index is 0.0939. The van der Waals surface area contributed by atoms with Gasteiger partial charge < -0.3 is 9.26 Å². The predicted molar refractivity (Wildman–Crippen MR) is 105 cm³/mol. The predicted octanol–water partition coefficient (Wildman–Crippen LogP) is 4.17. The van der Waals surface area contributed by atoms with Crippen molar-refractivity contribution in [2.75, 3.05) is 5.75 Å². The fourth-order valence-corrected chi connectivity index (χ4v) is 3.12. The Morgan fingerprint density at radius 1 is 1.07 bits per heavy atom. The Kier molecular flexibility index (Phi) is 5.50. The Labute approximate surface area is 169 Å². The topological polar surface area (TPSA) is 91.0 Å². The molecule has 0 saturated carbocycles. The Morgan fingerprint density at radius 3 is 2.68 bits per heavy atom. The second-order valence-electron chi connectivity index (χ2n) is 5.66. The molecule has 0 aliphatic carbocycles. The summed E-state index contributed by atoms with van der Waals surface area (Å²) >= 11 is 7.11. The molecule has 2 aromatic heterocycles. The smallest absolute Gasteiger partial charge is 0.316 e. The number of esters is 1. The summed E-state index contributed by atoms with van der Waals surface area (Å²) in [7, 11) is 0. The summed E-state index contributed by atoms with van der Waals surface area (Å²) < 4.78 is 10.3. The number of hydrogen-bond donors (Lipinski definition) is 0. The van der Waals surface area contributed by atoms with E-state index in [9.17, 15) is 4.79 Å². The number of carbonyl (C=O) groups excluding carboxylic acids is 1. The van der Waals surface area contributed by atoms with Gasteiger partial charge in [-0.1, -0.05) is 40.7 Å². The van der Waals surface area contributed by atoms with E-state index in [1.807, 2.05) is 24.3 Å². The number of thioether (sulfide) groups is 1. The highest BCUT2D eigenvalue weighted by molar-refractivity contribution is 7.99. The average Bonchev–Trinajstić information content (AvgIpc) is 3.20. The van der Waals surface area contributed by atoms with Gasteiger partial charge in [-0.05, 0) is 36.4 Å². The highest BCUT2D eigenvalue weighted by atomic mass is 35.5. The molecule has 0 amide bonds. The molecule has 0 N–H and O–H groups in total. The second kappa shape index (κ2) is 8.37. The molecule has 9 heteroatoms. The summed E-state index contributed by atoms with van der Waals surface area (Å²) in [5.74, 6) is 0.314. The van der Waals surface area contributed by atoms with Crippen molar-refractivity contribution in [3.05, 3.63) is 65.6 Å². The van der Waals surface area contributed by atoms with Crippen molar-refractivity contribution in [3.8, 4) is 11.4 Å². The standard InChI is InChI=1S/C19H13ClN4O3S/c20-13-7-5-12(6-8-13)19-23-16(27-24-19)10-26-18(25)11-28-17-9-21-14-3-1-2-4-15(14)22-17/h1-9H,10-11H2. The minimum Gasteiger partial charge on any atom is -0.455 e. The molecule has 0 spiro atoms. The summed E-state index contributed by atoms with van der Waals surface area (Å²) in [6, 6.07) is 14.6. The maximum absolute atomic E-state index is 12.0. The number of nitrogens with zero attached hydrogens (tertiary/aromatic N) is 4. The Morgan fingerprint density at radius 2 is 1.86 bits per heavy atom. The molecular weight excluding hydrogens is 400 g/mol. The van der Waals surface area contributed by atoms with Gasteiger partial charge in [-0.2, -0.15) is 4.98 Å². The van der Waals surface area contributed by atoms with Crippen LogP contribution in [0.15, 0.2) is 64.3 Å². The zero-order valence-corrected chi connectivity index (χ0v) is 16.0. The molecule has 7 nitrogen and oxygen atoms in total. The minimum atomic E-state index is -0.411. The van der Waals surface area contributed by atoms with E-state index in [0.29, 0.717) is 15.9 Å². The van der Waals surface area contributed by atoms with Gasteiger partial charge in [0.25, 0.3) is 5.89 Å². The number of ether oxygens (including phenoxy) is 1. The fourth-order valence-electron chi connectivity index (χ4n) is 2.36. The van der Waals surface area contributed by atoms with E-state index in [1.165, 1.54) is 11.8 Å². The van der Waals surface area contributed by atoms with Crippen molar-refractivity contribution >= 4 is 40.4 Å². The van der Waals surface area contributed by atoms with Crippen LogP contribution in [-0.2, 0) is 16.1 Å². The number of hydrogen-bond acceptors (Lipinski definition) is 8. The van der Waals surface area contributed by atoms with Gasteiger partial charge in [0.05, 0.1) is 23.0 Å². The quantitative estimate of drug-likeness (QED) is 0.344. The van der Waals surface area contributed by atoms with E-state index in [-0.39, 0.29) is 18.3 Å². The molecule has 0 aliphatic rings. The summed E-state index contributed by atoms with van der Waals surface area (Å²) in [5.41, 5.74) is 2.35. The summed E-state index contributed by atoms with van der Waals surface area (Å²) in [6.45, 7) is -0.0939. The van der Waals surface area contributed by atoms with Crippen LogP contribution in [-0.4, -0.2) is 31.8 Å². The first kappa shape index (κ1) is 18.4. The Bertz CT molecular complexity index is 1120. The molecule has 0 radical (unpaired) electrons. The first-order valence-electron chi connectivity index (χ1n) is 8.26. The molecular formula is C19H13ClN4O3S. The lowest BCUT2D eigenvalue weighted by atomic mass is 10.2. The van der Waals surface area contributed by atoms with Gasteiger partial charge in [-0.25, -0.2) is 4.98 Å². The van der Waals surface area contributed by atoms with Gasteiger partial charge in [0.2, 0.25) is 5.82 Å². The lowest BCUT2D eigenvalue weighted by Gasteiger charge is -2.03. The molecule has 28 heavy (non-hydrogen) atoms.